The van der Waals surface area contributed by atoms with Gasteiger partial charge >= 0.3 is 6.36 Å². The number of para-hydroxylation sites is 1. The molecule has 100 valence electrons. The van der Waals surface area contributed by atoms with Crippen molar-refractivity contribution >= 4 is 5.78 Å². The van der Waals surface area contributed by atoms with Gasteiger partial charge in [0.15, 0.2) is 0 Å². The Morgan fingerprint density at radius 1 is 1.17 bits per heavy atom. The predicted molar refractivity (Wildman–Crippen MR) is 55.3 cm³/mol. The van der Waals surface area contributed by atoms with E-state index >= 15 is 0 Å². The van der Waals surface area contributed by atoms with Crippen LogP contribution in [-0.2, 0) is 9.47 Å². The maximum atomic E-state index is 12.2. The van der Waals surface area contributed by atoms with Crippen LogP contribution in [0.4, 0.5) is 13.2 Å². The zero-order valence-corrected chi connectivity index (χ0v) is 9.65. The van der Waals surface area contributed by atoms with E-state index in [0.29, 0.717) is 0 Å². The molecule has 0 heterocycles. The smallest absolute Gasteiger partial charge is 0.405 e. The van der Waals surface area contributed by atoms with Crippen molar-refractivity contribution in [3.05, 3.63) is 29.8 Å². The van der Waals surface area contributed by atoms with Crippen molar-refractivity contribution in [2.24, 2.45) is 0 Å². The molecule has 0 N–H and O–H groups in total. The fourth-order valence-corrected chi connectivity index (χ4v) is 1.32. The van der Waals surface area contributed by atoms with Gasteiger partial charge in [-0.25, -0.2) is 0 Å². The second kappa shape index (κ2) is 5.83. The molecule has 0 amide bonds. The zero-order valence-electron chi connectivity index (χ0n) is 9.65. The van der Waals surface area contributed by atoms with Crippen LogP contribution in [0.3, 0.4) is 0 Å². The van der Waals surface area contributed by atoms with Crippen LogP contribution < -0.4 is 4.74 Å². The minimum atomic E-state index is -4.87. The SMILES string of the molecule is COC(OC)C(=O)c1ccccc1OC(F)(F)F. The quantitative estimate of drug-likeness (QED) is 0.605. The minimum absolute atomic E-state index is 0.261. The molecule has 1 aromatic carbocycles. The van der Waals surface area contributed by atoms with E-state index in [1.54, 1.807) is 0 Å². The number of ether oxygens (including phenoxy) is 3. The maximum Gasteiger partial charge on any atom is 0.573 e. The van der Waals surface area contributed by atoms with Gasteiger partial charge in [0.05, 0.1) is 5.56 Å². The van der Waals surface area contributed by atoms with E-state index in [9.17, 15) is 18.0 Å². The maximum absolute atomic E-state index is 12.2. The molecule has 0 spiro atoms. The third kappa shape index (κ3) is 3.71. The molecule has 0 aliphatic rings. The number of carbonyl (C=O) groups excluding carboxylic acids is 1. The summed E-state index contributed by atoms with van der Waals surface area (Å²) in [6.07, 6.45) is -6.14. The average Bonchev–Trinajstić information content (AvgIpc) is 2.29. The third-order valence-corrected chi connectivity index (χ3v) is 2.02. The molecule has 0 aliphatic heterocycles. The molecule has 0 radical (unpaired) electrons. The number of methoxy groups -OCH3 is 2. The molecular formula is C11H11F3O4. The van der Waals surface area contributed by atoms with Crippen molar-refractivity contribution in [1.82, 2.24) is 0 Å². The Morgan fingerprint density at radius 2 is 1.72 bits per heavy atom. The first kappa shape index (κ1) is 14.5. The standard InChI is InChI=1S/C11H11F3O4/c1-16-10(17-2)9(15)7-5-3-4-6-8(7)18-11(12,13)14/h3-6,10H,1-2H3. The molecule has 0 atom stereocenters. The van der Waals surface area contributed by atoms with Gasteiger partial charge in [0, 0.05) is 14.2 Å². The van der Waals surface area contributed by atoms with Crippen LogP contribution in [0.5, 0.6) is 5.75 Å². The Hall–Kier alpha value is -1.60. The molecule has 0 unspecified atom stereocenters. The lowest BCUT2D eigenvalue weighted by Gasteiger charge is -2.16. The highest BCUT2D eigenvalue weighted by Crippen LogP contribution is 2.27. The number of alkyl halides is 3. The van der Waals surface area contributed by atoms with E-state index in [4.69, 9.17) is 9.47 Å². The molecule has 7 heteroatoms. The summed E-state index contributed by atoms with van der Waals surface area (Å²) in [5.74, 6) is -1.34. The van der Waals surface area contributed by atoms with Crippen LogP contribution >= 0.6 is 0 Å². The van der Waals surface area contributed by atoms with E-state index in [1.165, 1.54) is 32.4 Å². The summed E-state index contributed by atoms with van der Waals surface area (Å²) in [7, 11) is 2.42. The Bertz CT molecular complexity index is 413. The van der Waals surface area contributed by atoms with Crippen LogP contribution in [0.15, 0.2) is 24.3 Å². The van der Waals surface area contributed by atoms with Gasteiger partial charge in [-0.2, -0.15) is 0 Å². The lowest BCUT2D eigenvalue weighted by Crippen LogP contribution is -2.26. The molecule has 0 saturated carbocycles. The van der Waals surface area contributed by atoms with Crippen LogP contribution in [0.25, 0.3) is 0 Å². The van der Waals surface area contributed by atoms with Crippen molar-refractivity contribution in [3.8, 4) is 5.75 Å². The molecule has 4 nitrogen and oxygen atoms in total. The van der Waals surface area contributed by atoms with Gasteiger partial charge in [-0.1, -0.05) is 12.1 Å². The zero-order chi connectivity index (χ0) is 13.8. The highest BCUT2D eigenvalue weighted by Gasteiger charge is 2.33. The van der Waals surface area contributed by atoms with Crippen molar-refractivity contribution in [2.75, 3.05) is 14.2 Å². The highest BCUT2D eigenvalue weighted by molar-refractivity contribution is 6.01. The number of ketones is 1. The van der Waals surface area contributed by atoms with E-state index in [0.717, 1.165) is 6.07 Å². The predicted octanol–water partition coefficient (Wildman–Crippen LogP) is 2.39. The summed E-state index contributed by atoms with van der Waals surface area (Å²) in [6, 6.07) is 4.99. The van der Waals surface area contributed by atoms with Crippen molar-refractivity contribution in [3.63, 3.8) is 0 Å². The summed E-state index contributed by atoms with van der Waals surface area (Å²) in [4.78, 5) is 11.8. The minimum Gasteiger partial charge on any atom is -0.405 e. The molecule has 1 aromatic rings. The van der Waals surface area contributed by atoms with Gasteiger partial charge in [-0.15, -0.1) is 13.2 Å². The lowest BCUT2D eigenvalue weighted by molar-refractivity contribution is -0.274. The third-order valence-electron chi connectivity index (χ3n) is 2.02. The Morgan fingerprint density at radius 3 is 2.22 bits per heavy atom. The van der Waals surface area contributed by atoms with E-state index in [2.05, 4.69) is 4.74 Å². The summed E-state index contributed by atoms with van der Waals surface area (Å²) >= 11 is 0. The molecule has 1 rings (SSSR count). The van der Waals surface area contributed by atoms with Gasteiger partial charge in [0.1, 0.15) is 5.75 Å². The number of hydrogen-bond donors (Lipinski definition) is 0. The van der Waals surface area contributed by atoms with Crippen LogP contribution in [0, 0.1) is 0 Å². The number of carbonyl (C=O) groups is 1. The molecule has 0 saturated heterocycles. The molecule has 0 aromatic heterocycles. The van der Waals surface area contributed by atoms with Crippen molar-refractivity contribution < 1.29 is 32.2 Å². The summed E-state index contributed by atoms with van der Waals surface area (Å²) in [5.41, 5.74) is -0.261. The number of benzene rings is 1. The van der Waals surface area contributed by atoms with E-state index in [1.807, 2.05) is 0 Å². The Labute approximate surface area is 101 Å². The molecule has 0 fully saturated rings. The fraction of sp³-hybridized carbons (Fsp3) is 0.364. The van der Waals surface area contributed by atoms with Crippen molar-refractivity contribution in [2.45, 2.75) is 12.7 Å². The number of halogens is 3. The van der Waals surface area contributed by atoms with Gasteiger partial charge in [0.2, 0.25) is 12.1 Å². The van der Waals surface area contributed by atoms with Gasteiger partial charge in [0.25, 0.3) is 0 Å². The largest absolute Gasteiger partial charge is 0.573 e. The fourth-order valence-electron chi connectivity index (χ4n) is 1.32. The average molecular weight is 264 g/mol. The lowest BCUT2D eigenvalue weighted by atomic mass is 10.1. The van der Waals surface area contributed by atoms with Crippen molar-refractivity contribution in [1.29, 1.82) is 0 Å². The highest BCUT2D eigenvalue weighted by atomic mass is 19.4. The second-order valence-electron chi connectivity index (χ2n) is 3.21. The topological polar surface area (TPSA) is 44.8 Å². The Balaban J connectivity index is 3.05. The first-order chi connectivity index (χ1) is 8.39. The summed E-state index contributed by atoms with van der Waals surface area (Å²) < 4.78 is 49.6. The Kier molecular flexibility index (Phi) is 4.69. The van der Waals surface area contributed by atoms with Gasteiger partial charge in [-0.3, -0.25) is 4.79 Å². The van der Waals surface area contributed by atoms with Gasteiger partial charge < -0.3 is 14.2 Å². The van der Waals surface area contributed by atoms with Crippen LogP contribution in [0.1, 0.15) is 10.4 Å². The number of hydrogen-bond acceptors (Lipinski definition) is 4. The number of rotatable bonds is 5. The normalized spacial score (nSPS) is 11.7. The first-order valence-electron chi connectivity index (χ1n) is 4.83. The van der Waals surface area contributed by atoms with Gasteiger partial charge in [-0.05, 0) is 12.1 Å². The van der Waals surface area contributed by atoms with Crippen LogP contribution in [-0.4, -0.2) is 32.7 Å². The summed E-state index contributed by atoms with van der Waals surface area (Å²) in [5, 5.41) is 0. The van der Waals surface area contributed by atoms with Crippen LogP contribution in [0.2, 0.25) is 0 Å². The molecular weight excluding hydrogens is 253 g/mol. The van der Waals surface area contributed by atoms with E-state index < -0.39 is 24.2 Å². The first-order valence-corrected chi connectivity index (χ1v) is 4.83. The summed E-state index contributed by atoms with van der Waals surface area (Å²) in [6.45, 7) is 0. The second-order valence-corrected chi connectivity index (χ2v) is 3.21. The monoisotopic (exact) mass is 264 g/mol. The van der Waals surface area contributed by atoms with E-state index in [-0.39, 0.29) is 5.56 Å². The molecule has 18 heavy (non-hydrogen) atoms. The molecule has 0 bridgehead atoms. The number of Topliss-reactive ketones (excluding diaryl/α,β-unsaturated/α-hetero) is 1. The molecule has 0 aliphatic carbocycles.